The molecule has 1 aromatic carbocycles. The van der Waals surface area contributed by atoms with Crippen LogP contribution in [0.15, 0.2) is 36.8 Å². The highest BCUT2D eigenvalue weighted by Gasteiger charge is 2.50. The van der Waals surface area contributed by atoms with E-state index < -0.39 is 0 Å². The smallest absolute Gasteiger partial charge is 0.0922 e. The maximum atomic E-state index is 4.26. The molecule has 2 heteroatoms. The van der Waals surface area contributed by atoms with Gasteiger partial charge in [-0.3, -0.25) is 0 Å². The molecular formula is C18H24N2. The molecule has 1 aliphatic rings. The van der Waals surface area contributed by atoms with Gasteiger partial charge in [0, 0.05) is 17.3 Å². The minimum atomic E-state index is 0.00201. The molecule has 0 amide bonds. The second-order valence-corrected chi connectivity index (χ2v) is 7.01. The van der Waals surface area contributed by atoms with E-state index in [0.717, 1.165) is 0 Å². The van der Waals surface area contributed by atoms with E-state index in [-0.39, 0.29) is 10.8 Å². The molecule has 1 aliphatic carbocycles. The minimum absolute atomic E-state index is 0.00201. The molecule has 0 radical (unpaired) electrons. The Kier molecular flexibility index (Phi) is 2.82. The predicted octanol–water partition coefficient (Wildman–Crippen LogP) is 4.28. The summed E-state index contributed by atoms with van der Waals surface area (Å²) in [6.45, 7) is 11.9. The van der Waals surface area contributed by atoms with Crippen LogP contribution in [0.4, 0.5) is 0 Å². The van der Waals surface area contributed by atoms with Gasteiger partial charge in [0.25, 0.3) is 0 Å². The Morgan fingerprint density at radius 2 is 1.65 bits per heavy atom. The van der Waals surface area contributed by atoms with Crippen molar-refractivity contribution in [3.05, 3.63) is 53.6 Å². The van der Waals surface area contributed by atoms with E-state index in [0.29, 0.717) is 11.8 Å². The van der Waals surface area contributed by atoms with E-state index >= 15 is 0 Å². The lowest BCUT2D eigenvalue weighted by Crippen LogP contribution is -2.48. The summed E-state index contributed by atoms with van der Waals surface area (Å²) >= 11 is 0. The molecule has 1 N–H and O–H groups in total. The van der Waals surface area contributed by atoms with Crippen LogP contribution in [0.25, 0.3) is 0 Å². The number of nitrogens with one attached hydrogen (secondary N) is 1. The molecule has 2 nitrogen and oxygen atoms in total. The normalized spacial score (nSPS) is 31.9. The lowest BCUT2D eigenvalue weighted by molar-refractivity contribution is 0.155. The maximum Gasteiger partial charge on any atom is 0.0922 e. The zero-order chi connectivity index (χ0) is 14.5. The SMILES string of the molecule is CC1C(C)C(C)(c2cnc[nH]2)c2ccccc2C1(C)C. The molecule has 106 valence electrons. The fraction of sp³-hybridized carbons (Fsp3) is 0.500. The predicted molar refractivity (Wildman–Crippen MR) is 82.8 cm³/mol. The van der Waals surface area contributed by atoms with Crippen LogP contribution in [-0.4, -0.2) is 9.97 Å². The van der Waals surface area contributed by atoms with E-state index in [1.807, 2.05) is 6.20 Å². The van der Waals surface area contributed by atoms with Crippen molar-refractivity contribution in [2.45, 2.75) is 45.4 Å². The first-order chi connectivity index (χ1) is 9.40. The molecule has 0 spiro atoms. The summed E-state index contributed by atoms with van der Waals surface area (Å²) in [5, 5.41) is 0. The Labute approximate surface area is 121 Å². The highest BCUT2D eigenvalue weighted by Crippen LogP contribution is 2.54. The van der Waals surface area contributed by atoms with Crippen molar-refractivity contribution < 1.29 is 0 Å². The minimum Gasteiger partial charge on any atom is -0.348 e. The third kappa shape index (κ3) is 1.54. The van der Waals surface area contributed by atoms with Crippen molar-refractivity contribution in [1.82, 2.24) is 9.97 Å². The van der Waals surface area contributed by atoms with Gasteiger partial charge in [-0.1, -0.05) is 52.0 Å². The summed E-state index contributed by atoms with van der Waals surface area (Å²) in [6, 6.07) is 8.91. The van der Waals surface area contributed by atoms with Crippen LogP contribution >= 0.6 is 0 Å². The molecule has 1 aromatic heterocycles. The molecule has 2 aromatic rings. The molecule has 0 saturated heterocycles. The summed E-state index contributed by atoms with van der Waals surface area (Å²) < 4.78 is 0. The van der Waals surface area contributed by atoms with Crippen LogP contribution in [0.1, 0.15) is 51.4 Å². The van der Waals surface area contributed by atoms with Gasteiger partial charge >= 0.3 is 0 Å². The molecule has 0 bridgehead atoms. The summed E-state index contributed by atoms with van der Waals surface area (Å²) in [5.74, 6) is 1.15. The second-order valence-electron chi connectivity index (χ2n) is 7.01. The zero-order valence-electron chi connectivity index (χ0n) is 13.1. The lowest BCUT2D eigenvalue weighted by Gasteiger charge is -2.52. The van der Waals surface area contributed by atoms with Gasteiger partial charge in [-0.15, -0.1) is 0 Å². The monoisotopic (exact) mass is 268 g/mol. The van der Waals surface area contributed by atoms with E-state index in [4.69, 9.17) is 0 Å². The molecule has 0 fully saturated rings. The number of hydrogen-bond acceptors (Lipinski definition) is 1. The zero-order valence-corrected chi connectivity index (χ0v) is 13.1. The van der Waals surface area contributed by atoms with Crippen LogP contribution in [0.2, 0.25) is 0 Å². The molecular weight excluding hydrogens is 244 g/mol. The number of benzene rings is 1. The standard InChI is InChI=1S/C18H24N2/c1-12-13(2)18(5,16-10-19-11-20-16)15-9-7-6-8-14(15)17(12,3)4/h6-13H,1-5H3,(H,19,20). The van der Waals surface area contributed by atoms with Crippen molar-refractivity contribution in [3.63, 3.8) is 0 Å². The molecule has 3 rings (SSSR count). The average molecular weight is 268 g/mol. The lowest BCUT2D eigenvalue weighted by atomic mass is 9.52. The molecule has 0 saturated carbocycles. The Hall–Kier alpha value is -1.57. The molecule has 3 unspecified atom stereocenters. The van der Waals surface area contributed by atoms with Crippen molar-refractivity contribution >= 4 is 0 Å². The van der Waals surface area contributed by atoms with Crippen molar-refractivity contribution in [1.29, 1.82) is 0 Å². The van der Waals surface area contributed by atoms with E-state index in [2.05, 4.69) is 68.9 Å². The van der Waals surface area contributed by atoms with E-state index in [9.17, 15) is 0 Å². The summed E-state index contributed by atoms with van der Waals surface area (Å²) in [6.07, 6.45) is 3.78. The van der Waals surface area contributed by atoms with Crippen molar-refractivity contribution in [2.75, 3.05) is 0 Å². The number of rotatable bonds is 1. The molecule has 3 atom stereocenters. The first kappa shape index (κ1) is 13.4. The first-order valence-electron chi connectivity index (χ1n) is 7.49. The van der Waals surface area contributed by atoms with Gasteiger partial charge in [-0.05, 0) is 35.3 Å². The van der Waals surface area contributed by atoms with E-state index in [1.54, 1.807) is 6.33 Å². The summed E-state index contributed by atoms with van der Waals surface area (Å²) in [5.41, 5.74) is 4.35. The summed E-state index contributed by atoms with van der Waals surface area (Å²) in [4.78, 5) is 7.61. The Balaban J connectivity index is 2.31. The fourth-order valence-corrected chi connectivity index (χ4v) is 4.04. The van der Waals surface area contributed by atoms with Gasteiger partial charge in [0.1, 0.15) is 0 Å². The number of fused-ring (bicyclic) bond motifs is 1. The average Bonchev–Trinajstić information content (AvgIpc) is 2.98. The highest BCUT2D eigenvalue weighted by atomic mass is 14.9. The van der Waals surface area contributed by atoms with Crippen LogP contribution < -0.4 is 0 Å². The number of aromatic amines is 1. The van der Waals surface area contributed by atoms with Crippen LogP contribution in [0, 0.1) is 11.8 Å². The highest BCUT2D eigenvalue weighted by molar-refractivity contribution is 5.47. The summed E-state index contributed by atoms with van der Waals surface area (Å²) in [7, 11) is 0. The molecule has 20 heavy (non-hydrogen) atoms. The largest absolute Gasteiger partial charge is 0.348 e. The Morgan fingerprint density at radius 1 is 1.00 bits per heavy atom. The number of nitrogens with zero attached hydrogens (tertiary/aromatic N) is 1. The molecule has 1 heterocycles. The van der Waals surface area contributed by atoms with Crippen molar-refractivity contribution in [3.8, 4) is 0 Å². The second kappa shape index (κ2) is 4.21. The number of hydrogen-bond donors (Lipinski definition) is 1. The van der Waals surface area contributed by atoms with Gasteiger partial charge in [-0.25, -0.2) is 4.98 Å². The number of imidazole rings is 1. The maximum absolute atomic E-state index is 4.26. The number of H-pyrrole nitrogens is 1. The third-order valence-electron chi connectivity index (χ3n) is 6.04. The Bertz CT molecular complexity index is 612. The topological polar surface area (TPSA) is 28.7 Å². The van der Waals surface area contributed by atoms with Crippen molar-refractivity contribution in [2.24, 2.45) is 11.8 Å². The molecule has 0 aliphatic heterocycles. The van der Waals surface area contributed by atoms with Gasteiger partial charge in [-0.2, -0.15) is 0 Å². The van der Waals surface area contributed by atoms with Gasteiger partial charge in [0.15, 0.2) is 0 Å². The van der Waals surface area contributed by atoms with Crippen LogP contribution in [0.3, 0.4) is 0 Å². The number of aromatic nitrogens is 2. The van der Waals surface area contributed by atoms with Gasteiger partial charge < -0.3 is 4.98 Å². The quantitative estimate of drug-likeness (QED) is 0.821. The Morgan fingerprint density at radius 3 is 2.25 bits per heavy atom. The van der Waals surface area contributed by atoms with Gasteiger partial charge in [0.05, 0.1) is 6.33 Å². The first-order valence-corrected chi connectivity index (χ1v) is 7.49. The van der Waals surface area contributed by atoms with Gasteiger partial charge in [0.2, 0.25) is 0 Å². The third-order valence-corrected chi connectivity index (χ3v) is 6.04. The van der Waals surface area contributed by atoms with Crippen LogP contribution in [0.5, 0.6) is 0 Å². The van der Waals surface area contributed by atoms with E-state index in [1.165, 1.54) is 16.8 Å². The van der Waals surface area contributed by atoms with Crippen LogP contribution in [-0.2, 0) is 10.8 Å². The fourth-order valence-electron chi connectivity index (χ4n) is 4.04.